The average Bonchev–Trinajstić information content (AvgIpc) is 2.01. The zero-order chi connectivity index (χ0) is 10.7. The molecule has 1 N–H and O–H groups in total. The van der Waals surface area contributed by atoms with Crippen molar-refractivity contribution in [1.29, 1.82) is 0 Å². The molecule has 3 nitrogen and oxygen atoms in total. The summed E-state index contributed by atoms with van der Waals surface area (Å²) in [6.45, 7) is 8.30. The average molecular weight is 214 g/mol. The molecule has 0 bridgehead atoms. The third kappa shape index (κ3) is 3.14. The highest BCUT2D eigenvalue weighted by atomic mass is 35.5. The molecule has 0 saturated carbocycles. The van der Waals surface area contributed by atoms with Crippen molar-refractivity contribution < 1.29 is 0 Å². The van der Waals surface area contributed by atoms with E-state index >= 15 is 0 Å². The van der Waals surface area contributed by atoms with Gasteiger partial charge < -0.3 is 5.32 Å². The monoisotopic (exact) mass is 213 g/mol. The van der Waals surface area contributed by atoms with Gasteiger partial charge in [0.15, 0.2) is 0 Å². The Balaban J connectivity index is 2.76. The number of aryl methyl sites for hydroxylation is 1. The van der Waals surface area contributed by atoms with Crippen LogP contribution in [0.4, 0.5) is 5.95 Å². The third-order valence-electron chi connectivity index (χ3n) is 2.18. The van der Waals surface area contributed by atoms with E-state index in [9.17, 15) is 0 Å². The SMILES string of the molecule is Cc1cc(Cl)nc(NC(C)C(C)C)n1. The summed E-state index contributed by atoms with van der Waals surface area (Å²) >= 11 is 5.82. The van der Waals surface area contributed by atoms with E-state index in [4.69, 9.17) is 11.6 Å². The Morgan fingerprint density at radius 2 is 1.93 bits per heavy atom. The van der Waals surface area contributed by atoms with E-state index in [0.717, 1.165) is 5.69 Å². The van der Waals surface area contributed by atoms with Crippen molar-refractivity contribution in [3.63, 3.8) is 0 Å². The van der Waals surface area contributed by atoms with Crippen LogP contribution in [-0.2, 0) is 0 Å². The van der Waals surface area contributed by atoms with E-state index in [1.54, 1.807) is 6.07 Å². The van der Waals surface area contributed by atoms with E-state index < -0.39 is 0 Å². The molecule has 0 amide bonds. The lowest BCUT2D eigenvalue weighted by Gasteiger charge is -2.17. The van der Waals surface area contributed by atoms with Gasteiger partial charge in [0.25, 0.3) is 0 Å². The van der Waals surface area contributed by atoms with Gasteiger partial charge in [0.1, 0.15) is 5.15 Å². The first-order chi connectivity index (χ1) is 6.49. The summed E-state index contributed by atoms with van der Waals surface area (Å²) in [7, 11) is 0. The number of hydrogen-bond donors (Lipinski definition) is 1. The lowest BCUT2D eigenvalue weighted by Crippen LogP contribution is -2.23. The summed E-state index contributed by atoms with van der Waals surface area (Å²) < 4.78 is 0. The molecule has 14 heavy (non-hydrogen) atoms. The Labute approximate surface area is 89.9 Å². The summed E-state index contributed by atoms with van der Waals surface area (Å²) in [6, 6.07) is 2.08. The van der Waals surface area contributed by atoms with Gasteiger partial charge in [-0.3, -0.25) is 0 Å². The fourth-order valence-corrected chi connectivity index (χ4v) is 1.20. The highest BCUT2D eigenvalue weighted by molar-refractivity contribution is 6.29. The zero-order valence-corrected chi connectivity index (χ0v) is 9.76. The Kier molecular flexibility index (Phi) is 3.69. The predicted molar refractivity (Wildman–Crippen MR) is 59.7 cm³/mol. The van der Waals surface area contributed by atoms with Crippen molar-refractivity contribution in [3.05, 3.63) is 16.9 Å². The third-order valence-corrected chi connectivity index (χ3v) is 2.37. The molecule has 4 heteroatoms. The molecule has 78 valence electrons. The molecular formula is C10H16ClN3. The minimum atomic E-state index is 0.341. The second-order valence-corrected chi connectivity index (χ2v) is 4.22. The van der Waals surface area contributed by atoms with Crippen molar-refractivity contribution in [2.75, 3.05) is 5.32 Å². The van der Waals surface area contributed by atoms with E-state index in [2.05, 4.69) is 36.1 Å². The van der Waals surface area contributed by atoms with E-state index in [1.807, 2.05) is 6.92 Å². The molecule has 1 aromatic rings. The Morgan fingerprint density at radius 3 is 2.43 bits per heavy atom. The van der Waals surface area contributed by atoms with Crippen molar-refractivity contribution in [1.82, 2.24) is 9.97 Å². The first-order valence-corrected chi connectivity index (χ1v) is 5.14. The van der Waals surface area contributed by atoms with Gasteiger partial charge in [0, 0.05) is 11.7 Å². The minimum Gasteiger partial charge on any atom is -0.351 e. The van der Waals surface area contributed by atoms with Crippen molar-refractivity contribution in [2.45, 2.75) is 33.7 Å². The van der Waals surface area contributed by atoms with Crippen LogP contribution in [0.1, 0.15) is 26.5 Å². The van der Waals surface area contributed by atoms with Crippen LogP contribution in [0.5, 0.6) is 0 Å². The Bertz CT molecular complexity index is 292. The molecular weight excluding hydrogens is 198 g/mol. The first kappa shape index (κ1) is 11.2. The zero-order valence-electron chi connectivity index (χ0n) is 9.00. The van der Waals surface area contributed by atoms with E-state index in [1.165, 1.54) is 0 Å². The number of halogens is 1. The molecule has 1 aromatic heterocycles. The standard InChI is InChI=1S/C10H16ClN3/c1-6(2)8(4)13-10-12-7(3)5-9(11)14-10/h5-6,8H,1-4H3,(H,12,13,14). The first-order valence-electron chi connectivity index (χ1n) is 4.76. The number of anilines is 1. The lowest BCUT2D eigenvalue weighted by atomic mass is 10.1. The maximum absolute atomic E-state index is 5.82. The molecule has 1 unspecified atom stereocenters. The van der Waals surface area contributed by atoms with Gasteiger partial charge in [0.05, 0.1) is 0 Å². The van der Waals surface area contributed by atoms with Crippen LogP contribution < -0.4 is 5.32 Å². The fraction of sp³-hybridized carbons (Fsp3) is 0.600. The summed E-state index contributed by atoms with van der Waals surface area (Å²) in [4.78, 5) is 8.35. The van der Waals surface area contributed by atoms with Crippen LogP contribution in [0.25, 0.3) is 0 Å². The van der Waals surface area contributed by atoms with Gasteiger partial charge in [-0.1, -0.05) is 25.4 Å². The predicted octanol–water partition coefficient (Wildman–Crippen LogP) is 2.89. The van der Waals surface area contributed by atoms with Crippen molar-refractivity contribution in [3.8, 4) is 0 Å². The fourth-order valence-electron chi connectivity index (χ4n) is 0.965. The number of nitrogens with one attached hydrogen (secondary N) is 1. The molecule has 0 fully saturated rings. The van der Waals surface area contributed by atoms with Gasteiger partial charge in [-0.15, -0.1) is 0 Å². The van der Waals surface area contributed by atoms with Crippen LogP contribution in [0.3, 0.4) is 0 Å². The van der Waals surface area contributed by atoms with Crippen molar-refractivity contribution in [2.24, 2.45) is 5.92 Å². The van der Waals surface area contributed by atoms with Crippen LogP contribution in [0.2, 0.25) is 5.15 Å². The highest BCUT2D eigenvalue weighted by Crippen LogP contribution is 2.12. The molecule has 1 rings (SSSR count). The second-order valence-electron chi connectivity index (χ2n) is 3.83. The maximum Gasteiger partial charge on any atom is 0.224 e. The topological polar surface area (TPSA) is 37.8 Å². The smallest absolute Gasteiger partial charge is 0.224 e. The van der Waals surface area contributed by atoms with Gasteiger partial charge in [-0.2, -0.15) is 0 Å². The molecule has 0 aliphatic heterocycles. The van der Waals surface area contributed by atoms with Gasteiger partial charge >= 0.3 is 0 Å². The quantitative estimate of drug-likeness (QED) is 0.785. The van der Waals surface area contributed by atoms with Crippen molar-refractivity contribution >= 4 is 17.5 Å². The number of rotatable bonds is 3. The van der Waals surface area contributed by atoms with Gasteiger partial charge in [-0.05, 0) is 25.8 Å². The molecule has 0 spiro atoms. The molecule has 0 radical (unpaired) electrons. The number of hydrogen-bond acceptors (Lipinski definition) is 3. The van der Waals surface area contributed by atoms with Gasteiger partial charge in [0.2, 0.25) is 5.95 Å². The van der Waals surface area contributed by atoms with Gasteiger partial charge in [-0.25, -0.2) is 9.97 Å². The molecule has 0 aromatic carbocycles. The highest BCUT2D eigenvalue weighted by Gasteiger charge is 2.08. The molecule has 0 aliphatic rings. The second kappa shape index (κ2) is 4.60. The molecule has 0 saturated heterocycles. The van der Waals surface area contributed by atoms with E-state index in [0.29, 0.717) is 23.1 Å². The largest absolute Gasteiger partial charge is 0.351 e. The summed E-state index contributed by atoms with van der Waals surface area (Å²) in [5.74, 6) is 1.15. The van der Waals surface area contributed by atoms with Crippen LogP contribution in [0.15, 0.2) is 6.07 Å². The number of nitrogens with zero attached hydrogens (tertiary/aromatic N) is 2. The Morgan fingerprint density at radius 1 is 1.29 bits per heavy atom. The molecule has 1 heterocycles. The summed E-state index contributed by atoms with van der Waals surface area (Å²) in [5, 5.41) is 3.70. The Hall–Kier alpha value is -0.830. The van der Waals surface area contributed by atoms with Crippen LogP contribution in [-0.4, -0.2) is 16.0 Å². The summed E-state index contributed by atoms with van der Waals surface area (Å²) in [6.07, 6.45) is 0. The maximum atomic E-state index is 5.82. The molecule has 1 atom stereocenters. The lowest BCUT2D eigenvalue weighted by molar-refractivity contribution is 0.556. The van der Waals surface area contributed by atoms with Crippen LogP contribution in [0, 0.1) is 12.8 Å². The normalized spacial score (nSPS) is 13.0. The summed E-state index contributed by atoms with van der Waals surface area (Å²) in [5.41, 5.74) is 0.878. The van der Waals surface area contributed by atoms with Crippen LogP contribution >= 0.6 is 11.6 Å². The minimum absolute atomic E-state index is 0.341. The number of aromatic nitrogens is 2. The van der Waals surface area contributed by atoms with E-state index in [-0.39, 0.29) is 0 Å². The molecule has 0 aliphatic carbocycles.